The van der Waals surface area contributed by atoms with Gasteiger partial charge in [-0.15, -0.1) is 0 Å². The monoisotopic (exact) mass is 395 g/mol. The minimum absolute atomic E-state index is 0.00600. The molecule has 1 unspecified atom stereocenters. The number of nitrogens with zero attached hydrogens (tertiary/aromatic N) is 5. The molecule has 1 amide bonds. The maximum Gasteiger partial charge on any atom is 0.350 e. The molecule has 1 aliphatic heterocycles. The van der Waals surface area contributed by atoms with Gasteiger partial charge >= 0.3 is 5.69 Å². The van der Waals surface area contributed by atoms with E-state index in [0.717, 1.165) is 29.8 Å². The van der Waals surface area contributed by atoms with Crippen molar-refractivity contribution in [3.63, 3.8) is 0 Å². The smallest absolute Gasteiger partial charge is 0.350 e. The highest BCUT2D eigenvalue weighted by atomic mass is 16.5. The molecule has 1 saturated heterocycles. The fourth-order valence-electron chi connectivity index (χ4n) is 4.00. The second kappa shape index (κ2) is 7.69. The van der Waals surface area contributed by atoms with Crippen molar-refractivity contribution in [2.24, 2.45) is 7.05 Å². The Labute approximate surface area is 168 Å². The number of hydrogen-bond donors (Lipinski definition) is 0. The topological polar surface area (TPSA) is 86.2 Å². The second-order valence-electron chi connectivity index (χ2n) is 7.59. The summed E-state index contributed by atoms with van der Waals surface area (Å²) >= 11 is 0. The van der Waals surface area contributed by atoms with Gasteiger partial charge in [0.15, 0.2) is 0 Å². The van der Waals surface area contributed by atoms with Gasteiger partial charge in [0.25, 0.3) is 0 Å². The Hall–Kier alpha value is -3.16. The summed E-state index contributed by atoms with van der Waals surface area (Å²) in [6.45, 7) is 4.94. The molecular formula is C21H25N5O3. The predicted octanol–water partition coefficient (Wildman–Crippen LogP) is 2.12. The van der Waals surface area contributed by atoms with Gasteiger partial charge in [-0.05, 0) is 38.8 Å². The maximum atomic E-state index is 12.9. The van der Waals surface area contributed by atoms with Crippen molar-refractivity contribution in [2.75, 3.05) is 13.1 Å². The number of carbonyl (C=O) groups excluding carboxylic acids is 1. The van der Waals surface area contributed by atoms with Crippen molar-refractivity contribution in [3.05, 3.63) is 63.7 Å². The van der Waals surface area contributed by atoms with Crippen molar-refractivity contribution < 1.29 is 9.32 Å². The molecule has 0 saturated carbocycles. The first-order chi connectivity index (χ1) is 14.0. The summed E-state index contributed by atoms with van der Waals surface area (Å²) in [5.41, 5.74) is 2.23. The number of aryl methyl sites for hydroxylation is 3. The Morgan fingerprint density at radius 3 is 2.69 bits per heavy atom. The molecular weight excluding hydrogens is 370 g/mol. The third-order valence-corrected chi connectivity index (χ3v) is 5.61. The molecule has 29 heavy (non-hydrogen) atoms. The van der Waals surface area contributed by atoms with Crippen LogP contribution in [-0.4, -0.2) is 43.4 Å². The van der Waals surface area contributed by atoms with E-state index in [-0.39, 0.29) is 23.9 Å². The SMILES string of the molecule is Cc1noc(C)c1CC(=O)N1CCCC(c2nn(C)c(=O)n2-c2ccccc2)C1. The average Bonchev–Trinajstić information content (AvgIpc) is 3.22. The first-order valence-corrected chi connectivity index (χ1v) is 9.86. The van der Waals surface area contributed by atoms with Gasteiger partial charge in [0, 0.05) is 31.6 Å². The number of piperidine rings is 1. The Morgan fingerprint density at radius 1 is 1.24 bits per heavy atom. The van der Waals surface area contributed by atoms with Crippen LogP contribution in [0.5, 0.6) is 0 Å². The summed E-state index contributed by atoms with van der Waals surface area (Å²) < 4.78 is 8.21. The van der Waals surface area contributed by atoms with Gasteiger partial charge in [0.05, 0.1) is 17.8 Å². The summed E-state index contributed by atoms with van der Waals surface area (Å²) in [6.07, 6.45) is 2.04. The molecule has 8 heteroatoms. The largest absolute Gasteiger partial charge is 0.361 e. The zero-order valence-corrected chi connectivity index (χ0v) is 17.0. The fraction of sp³-hybridized carbons (Fsp3) is 0.429. The van der Waals surface area contributed by atoms with Gasteiger partial charge in [-0.25, -0.2) is 14.0 Å². The van der Waals surface area contributed by atoms with Crippen LogP contribution in [0.25, 0.3) is 5.69 Å². The summed E-state index contributed by atoms with van der Waals surface area (Å²) in [5, 5.41) is 8.45. The summed E-state index contributed by atoms with van der Waals surface area (Å²) in [7, 11) is 1.66. The van der Waals surface area contributed by atoms with E-state index in [4.69, 9.17) is 4.52 Å². The van der Waals surface area contributed by atoms with E-state index < -0.39 is 0 Å². The molecule has 0 spiro atoms. The quantitative estimate of drug-likeness (QED) is 0.675. The molecule has 1 fully saturated rings. The van der Waals surface area contributed by atoms with Gasteiger partial charge in [-0.3, -0.25) is 4.79 Å². The highest BCUT2D eigenvalue weighted by Crippen LogP contribution is 2.27. The Kier molecular flexibility index (Phi) is 5.08. The van der Waals surface area contributed by atoms with E-state index in [1.54, 1.807) is 11.6 Å². The normalized spacial score (nSPS) is 16.9. The van der Waals surface area contributed by atoms with E-state index in [1.807, 2.05) is 49.1 Å². The van der Waals surface area contributed by atoms with Gasteiger partial charge in [0.2, 0.25) is 5.91 Å². The van der Waals surface area contributed by atoms with Crippen LogP contribution in [0.2, 0.25) is 0 Å². The molecule has 0 radical (unpaired) electrons. The van der Waals surface area contributed by atoms with Gasteiger partial charge in [-0.1, -0.05) is 23.4 Å². The first kappa shape index (κ1) is 19.2. The number of hydrogen-bond acceptors (Lipinski definition) is 5. The lowest BCUT2D eigenvalue weighted by atomic mass is 9.96. The predicted molar refractivity (Wildman–Crippen MR) is 107 cm³/mol. The lowest BCUT2D eigenvalue weighted by Crippen LogP contribution is -2.40. The zero-order valence-electron chi connectivity index (χ0n) is 17.0. The first-order valence-electron chi connectivity index (χ1n) is 9.86. The van der Waals surface area contributed by atoms with Crippen molar-refractivity contribution in [3.8, 4) is 5.69 Å². The third kappa shape index (κ3) is 3.62. The molecule has 2 aromatic heterocycles. The van der Waals surface area contributed by atoms with E-state index >= 15 is 0 Å². The van der Waals surface area contributed by atoms with Crippen LogP contribution in [0.1, 0.15) is 41.6 Å². The Morgan fingerprint density at radius 2 is 2.00 bits per heavy atom. The van der Waals surface area contributed by atoms with E-state index in [1.165, 1.54) is 4.68 Å². The molecule has 4 rings (SSSR count). The van der Waals surface area contributed by atoms with Crippen molar-refractivity contribution in [1.29, 1.82) is 0 Å². The molecule has 0 bridgehead atoms. The lowest BCUT2D eigenvalue weighted by molar-refractivity contribution is -0.131. The highest BCUT2D eigenvalue weighted by Gasteiger charge is 2.30. The van der Waals surface area contributed by atoms with Crippen LogP contribution in [0.3, 0.4) is 0 Å². The van der Waals surface area contributed by atoms with E-state index in [2.05, 4.69) is 10.3 Å². The number of aromatic nitrogens is 4. The minimum Gasteiger partial charge on any atom is -0.361 e. The molecule has 1 atom stereocenters. The van der Waals surface area contributed by atoms with E-state index in [0.29, 0.717) is 24.7 Å². The molecule has 3 aromatic rings. The number of rotatable bonds is 4. The van der Waals surface area contributed by atoms with Crippen molar-refractivity contribution in [1.82, 2.24) is 24.4 Å². The van der Waals surface area contributed by atoms with Crippen molar-refractivity contribution >= 4 is 5.91 Å². The fourth-order valence-corrected chi connectivity index (χ4v) is 4.00. The molecule has 0 N–H and O–H groups in total. The summed E-state index contributed by atoms with van der Waals surface area (Å²) in [4.78, 5) is 27.5. The molecule has 0 aliphatic carbocycles. The standard InChI is InChI=1S/C21H25N5O3/c1-14-18(15(2)29-23-14)12-19(27)25-11-7-8-16(13-25)20-22-24(3)21(28)26(20)17-9-5-4-6-10-17/h4-6,9-10,16H,7-8,11-13H2,1-3H3. The van der Waals surface area contributed by atoms with Crippen molar-refractivity contribution in [2.45, 2.75) is 39.0 Å². The minimum atomic E-state index is -0.176. The van der Waals surface area contributed by atoms with Gasteiger partial charge in [-0.2, -0.15) is 5.10 Å². The third-order valence-electron chi connectivity index (χ3n) is 5.61. The van der Waals surface area contributed by atoms with Gasteiger partial charge in [0.1, 0.15) is 11.6 Å². The molecule has 3 heterocycles. The Bertz CT molecular complexity index is 1060. The molecule has 1 aliphatic rings. The van der Waals surface area contributed by atoms with Crippen LogP contribution < -0.4 is 5.69 Å². The number of carbonyl (C=O) groups is 1. The summed E-state index contributed by atoms with van der Waals surface area (Å²) in [5.74, 6) is 1.45. The Balaban J connectivity index is 1.59. The van der Waals surface area contributed by atoms with Gasteiger partial charge < -0.3 is 9.42 Å². The van der Waals surface area contributed by atoms with Crippen LogP contribution >= 0.6 is 0 Å². The maximum absolute atomic E-state index is 12.9. The second-order valence-corrected chi connectivity index (χ2v) is 7.59. The van der Waals surface area contributed by atoms with E-state index in [9.17, 15) is 9.59 Å². The van der Waals surface area contributed by atoms with Crippen LogP contribution in [0.4, 0.5) is 0 Å². The number of likely N-dealkylation sites (tertiary alicyclic amines) is 1. The number of para-hydroxylation sites is 1. The number of benzene rings is 1. The van der Waals surface area contributed by atoms with Crippen LogP contribution in [-0.2, 0) is 18.3 Å². The summed E-state index contributed by atoms with van der Waals surface area (Å²) in [6, 6.07) is 9.52. The lowest BCUT2D eigenvalue weighted by Gasteiger charge is -2.32. The molecule has 152 valence electrons. The average molecular weight is 395 g/mol. The number of amides is 1. The van der Waals surface area contributed by atoms with Crippen LogP contribution in [0.15, 0.2) is 39.6 Å². The molecule has 8 nitrogen and oxygen atoms in total. The van der Waals surface area contributed by atoms with Crippen LogP contribution in [0, 0.1) is 13.8 Å². The zero-order chi connectivity index (χ0) is 20.5. The molecule has 1 aromatic carbocycles. The highest BCUT2D eigenvalue weighted by molar-refractivity contribution is 5.79.